The second-order valence-corrected chi connectivity index (χ2v) is 2.85. The lowest BCUT2D eigenvalue weighted by Gasteiger charge is -2.29. The van der Waals surface area contributed by atoms with Crippen LogP contribution in [0.4, 0.5) is 0 Å². The van der Waals surface area contributed by atoms with Gasteiger partial charge in [-0.2, -0.15) is 5.26 Å². The third-order valence-corrected chi connectivity index (χ3v) is 1.95. The SMILES string of the molecule is CN1CC[C@H](O)[C@@H](C#N)C1. The first-order valence-electron chi connectivity index (χ1n) is 3.50. The fraction of sp³-hybridized carbons (Fsp3) is 0.857. The van der Waals surface area contributed by atoms with Crippen LogP contribution in [-0.4, -0.2) is 36.2 Å². The molecule has 0 aromatic heterocycles. The van der Waals surface area contributed by atoms with Crippen molar-refractivity contribution in [2.45, 2.75) is 12.5 Å². The molecular formula is C7H12N2O. The molecule has 0 aromatic carbocycles. The van der Waals surface area contributed by atoms with E-state index in [1.54, 1.807) is 0 Å². The molecule has 0 bridgehead atoms. The van der Waals surface area contributed by atoms with Crippen LogP contribution in [0.5, 0.6) is 0 Å². The van der Waals surface area contributed by atoms with Crippen molar-refractivity contribution < 1.29 is 5.11 Å². The largest absolute Gasteiger partial charge is 0.392 e. The molecule has 1 aliphatic rings. The molecule has 56 valence electrons. The number of aliphatic hydroxyl groups excluding tert-OH is 1. The lowest BCUT2D eigenvalue weighted by Crippen LogP contribution is -2.40. The van der Waals surface area contributed by atoms with Crippen molar-refractivity contribution in [3.8, 4) is 6.07 Å². The van der Waals surface area contributed by atoms with Gasteiger partial charge in [-0.1, -0.05) is 0 Å². The van der Waals surface area contributed by atoms with E-state index in [0.717, 1.165) is 13.0 Å². The van der Waals surface area contributed by atoms with E-state index in [0.29, 0.717) is 6.54 Å². The van der Waals surface area contributed by atoms with Gasteiger partial charge in [-0.05, 0) is 13.5 Å². The first-order chi connectivity index (χ1) is 4.74. The van der Waals surface area contributed by atoms with Gasteiger partial charge in [-0.25, -0.2) is 0 Å². The molecule has 1 heterocycles. The fourth-order valence-electron chi connectivity index (χ4n) is 1.23. The van der Waals surface area contributed by atoms with E-state index in [1.165, 1.54) is 0 Å². The van der Waals surface area contributed by atoms with Crippen molar-refractivity contribution in [1.82, 2.24) is 4.90 Å². The zero-order chi connectivity index (χ0) is 7.56. The minimum atomic E-state index is -0.402. The highest BCUT2D eigenvalue weighted by atomic mass is 16.3. The minimum absolute atomic E-state index is 0.182. The summed E-state index contributed by atoms with van der Waals surface area (Å²) in [5, 5.41) is 17.8. The topological polar surface area (TPSA) is 47.3 Å². The molecule has 1 saturated heterocycles. The van der Waals surface area contributed by atoms with Gasteiger partial charge in [-0.15, -0.1) is 0 Å². The average Bonchev–Trinajstić information content (AvgIpc) is 1.94. The van der Waals surface area contributed by atoms with E-state index in [4.69, 9.17) is 5.26 Å². The molecule has 0 unspecified atom stereocenters. The molecule has 0 aliphatic carbocycles. The molecule has 3 nitrogen and oxygen atoms in total. The minimum Gasteiger partial charge on any atom is -0.392 e. The van der Waals surface area contributed by atoms with Crippen molar-refractivity contribution in [3.63, 3.8) is 0 Å². The van der Waals surface area contributed by atoms with Crippen molar-refractivity contribution >= 4 is 0 Å². The van der Waals surface area contributed by atoms with Gasteiger partial charge in [0.1, 0.15) is 0 Å². The molecule has 0 radical (unpaired) electrons. The first-order valence-corrected chi connectivity index (χ1v) is 3.50. The van der Waals surface area contributed by atoms with Crippen molar-refractivity contribution in [1.29, 1.82) is 5.26 Å². The maximum absolute atomic E-state index is 9.24. The van der Waals surface area contributed by atoms with Crippen LogP contribution in [0, 0.1) is 17.2 Å². The van der Waals surface area contributed by atoms with Gasteiger partial charge in [0.2, 0.25) is 0 Å². The Labute approximate surface area is 60.9 Å². The molecule has 1 fully saturated rings. The summed E-state index contributed by atoms with van der Waals surface area (Å²) in [5.41, 5.74) is 0. The van der Waals surface area contributed by atoms with Gasteiger partial charge < -0.3 is 10.0 Å². The highest BCUT2D eigenvalue weighted by molar-refractivity contribution is 4.93. The van der Waals surface area contributed by atoms with Crippen LogP contribution >= 0.6 is 0 Å². The third kappa shape index (κ3) is 1.47. The predicted octanol–water partition coefficient (Wildman–Crippen LogP) is -0.177. The van der Waals surface area contributed by atoms with Gasteiger partial charge in [0, 0.05) is 13.1 Å². The third-order valence-electron chi connectivity index (χ3n) is 1.95. The second-order valence-electron chi connectivity index (χ2n) is 2.85. The Morgan fingerprint density at radius 3 is 2.90 bits per heavy atom. The molecule has 3 heteroatoms. The summed E-state index contributed by atoms with van der Waals surface area (Å²) < 4.78 is 0. The first kappa shape index (κ1) is 7.52. The molecule has 0 amide bonds. The quantitative estimate of drug-likeness (QED) is 0.508. The smallest absolute Gasteiger partial charge is 0.0849 e. The molecule has 0 saturated carbocycles. The Balaban J connectivity index is 2.47. The van der Waals surface area contributed by atoms with Crippen LogP contribution in [0.1, 0.15) is 6.42 Å². The number of nitriles is 1. The van der Waals surface area contributed by atoms with Crippen LogP contribution in [-0.2, 0) is 0 Å². The Hall–Kier alpha value is -0.590. The van der Waals surface area contributed by atoms with E-state index < -0.39 is 6.10 Å². The summed E-state index contributed by atoms with van der Waals surface area (Å²) in [6.07, 6.45) is 0.329. The van der Waals surface area contributed by atoms with Crippen molar-refractivity contribution in [2.75, 3.05) is 20.1 Å². The Morgan fingerprint density at radius 2 is 2.40 bits per heavy atom. The standard InChI is InChI=1S/C7H12N2O/c1-9-3-2-7(10)6(4-8)5-9/h6-7,10H,2-3,5H2,1H3/t6-,7-/m0/s1. The summed E-state index contributed by atoms with van der Waals surface area (Å²) in [6.45, 7) is 1.61. The maximum atomic E-state index is 9.24. The molecule has 1 rings (SSSR count). The number of likely N-dealkylation sites (tertiary alicyclic amines) is 1. The van der Waals surface area contributed by atoms with Gasteiger partial charge in [0.25, 0.3) is 0 Å². The zero-order valence-electron chi connectivity index (χ0n) is 6.12. The zero-order valence-corrected chi connectivity index (χ0v) is 6.12. The van der Waals surface area contributed by atoms with Gasteiger partial charge >= 0.3 is 0 Å². The number of aliphatic hydroxyl groups is 1. The van der Waals surface area contributed by atoms with Gasteiger partial charge in [0.05, 0.1) is 18.1 Å². The number of rotatable bonds is 0. The number of hydrogen-bond donors (Lipinski definition) is 1. The average molecular weight is 140 g/mol. The Morgan fingerprint density at radius 1 is 1.70 bits per heavy atom. The highest BCUT2D eigenvalue weighted by Gasteiger charge is 2.25. The lowest BCUT2D eigenvalue weighted by molar-refractivity contribution is 0.0610. The van der Waals surface area contributed by atoms with Crippen LogP contribution < -0.4 is 0 Å². The molecule has 0 spiro atoms. The normalized spacial score (nSPS) is 35.3. The monoisotopic (exact) mass is 140 g/mol. The van der Waals surface area contributed by atoms with E-state index in [1.807, 2.05) is 7.05 Å². The van der Waals surface area contributed by atoms with Crippen LogP contribution in [0.2, 0.25) is 0 Å². The summed E-state index contributed by atoms with van der Waals surface area (Å²) in [6, 6.07) is 2.09. The van der Waals surface area contributed by atoms with Gasteiger partial charge in [0.15, 0.2) is 0 Å². The predicted molar refractivity (Wildman–Crippen MR) is 37.2 cm³/mol. The summed E-state index contributed by atoms with van der Waals surface area (Å²) in [4.78, 5) is 2.07. The molecule has 2 atom stereocenters. The number of nitrogens with zero attached hydrogens (tertiary/aromatic N) is 2. The molecule has 0 aromatic rings. The van der Waals surface area contributed by atoms with Crippen LogP contribution in [0.3, 0.4) is 0 Å². The van der Waals surface area contributed by atoms with E-state index in [9.17, 15) is 5.11 Å². The molecule has 1 aliphatic heterocycles. The van der Waals surface area contributed by atoms with Gasteiger partial charge in [-0.3, -0.25) is 0 Å². The summed E-state index contributed by atoms with van der Waals surface area (Å²) >= 11 is 0. The molecule has 10 heavy (non-hydrogen) atoms. The van der Waals surface area contributed by atoms with Crippen LogP contribution in [0.15, 0.2) is 0 Å². The number of piperidine rings is 1. The van der Waals surface area contributed by atoms with Crippen molar-refractivity contribution in [3.05, 3.63) is 0 Å². The summed E-state index contributed by atoms with van der Waals surface area (Å²) in [5.74, 6) is -0.182. The van der Waals surface area contributed by atoms with Crippen molar-refractivity contribution in [2.24, 2.45) is 5.92 Å². The molecular weight excluding hydrogens is 128 g/mol. The fourth-order valence-corrected chi connectivity index (χ4v) is 1.23. The maximum Gasteiger partial charge on any atom is 0.0849 e. The lowest BCUT2D eigenvalue weighted by atomic mass is 9.97. The van der Waals surface area contributed by atoms with E-state index in [-0.39, 0.29) is 5.92 Å². The number of hydrogen-bond acceptors (Lipinski definition) is 3. The second kappa shape index (κ2) is 3.00. The van der Waals surface area contributed by atoms with Crippen LogP contribution in [0.25, 0.3) is 0 Å². The van der Waals surface area contributed by atoms with E-state index in [2.05, 4.69) is 11.0 Å². The molecule has 1 N–H and O–H groups in total. The Kier molecular flexibility index (Phi) is 2.25. The highest BCUT2D eigenvalue weighted by Crippen LogP contribution is 2.14. The van der Waals surface area contributed by atoms with E-state index >= 15 is 0 Å². The Bertz CT molecular complexity index is 152. The summed E-state index contributed by atoms with van der Waals surface area (Å²) in [7, 11) is 1.97.